The molecule has 0 atom stereocenters. The lowest BCUT2D eigenvalue weighted by Gasteiger charge is -2.08. The predicted molar refractivity (Wildman–Crippen MR) is 97.4 cm³/mol. The van der Waals surface area contributed by atoms with Gasteiger partial charge in [-0.15, -0.1) is 16.4 Å². The van der Waals surface area contributed by atoms with Crippen molar-refractivity contribution < 1.29 is 9.18 Å². The molecule has 1 aromatic carbocycles. The molecular formula is C18H18FN5OS. The summed E-state index contributed by atoms with van der Waals surface area (Å²) in [5.74, 6) is -0.200. The van der Waals surface area contributed by atoms with Crippen molar-refractivity contribution in [1.29, 1.82) is 0 Å². The van der Waals surface area contributed by atoms with Gasteiger partial charge >= 0.3 is 0 Å². The van der Waals surface area contributed by atoms with Crippen LogP contribution >= 0.6 is 11.3 Å². The molecule has 0 aliphatic heterocycles. The maximum absolute atomic E-state index is 14.2. The minimum atomic E-state index is -0.494. The van der Waals surface area contributed by atoms with E-state index in [1.807, 2.05) is 6.07 Å². The van der Waals surface area contributed by atoms with Crippen LogP contribution < -0.4 is 5.32 Å². The Morgan fingerprint density at radius 1 is 1.23 bits per heavy atom. The monoisotopic (exact) mass is 371 g/mol. The molecule has 0 bridgehead atoms. The van der Waals surface area contributed by atoms with Gasteiger partial charge in [-0.25, -0.2) is 4.39 Å². The highest BCUT2D eigenvalue weighted by atomic mass is 32.1. The first-order chi connectivity index (χ1) is 12.6. The van der Waals surface area contributed by atoms with Gasteiger partial charge in [-0.1, -0.05) is 6.42 Å². The van der Waals surface area contributed by atoms with E-state index in [9.17, 15) is 9.18 Å². The van der Waals surface area contributed by atoms with E-state index in [0.29, 0.717) is 16.4 Å². The highest BCUT2D eigenvalue weighted by Crippen LogP contribution is 2.30. The number of nitrogens with one attached hydrogen (secondary N) is 1. The first-order valence-electron chi connectivity index (χ1n) is 8.59. The molecule has 0 radical (unpaired) electrons. The Bertz CT molecular complexity index is 941. The van der Waals surface area contributed by atoms with Gasteiger partial charge in [-0.2, -0.15) is 4.68 Å². The van der Waals surface area contributed by atoms with E-state index in [1.165, 1.54) is 45.0 Å². The quantitative estimate of drug-likeness (QED) is 0.713. The summed E-state index contributed by atoms with van der Waals surface area (Å²) >= 11 is 1.51. The summed E-state index contributed by atoms with van der Waals surface area (Å²) < 4.78 is 15.7. The van der Waals surface area contributed by atoms with Crippen LogP contribution in [-0.2, 0) is 12.8 Å². The summed E-state index contributed by atoms with van der Waals surface area (Å²) in [6, 6.07) is 6.36. The van der Waals surface area contributed by atoms with Gasteiger partial charge in [-0.3, -0.25) is 4.79 Å². The Balaban J connectivity index is 1.59. The zero-order valence-electron chi connectivity index (χ0n) is 14.3. The van der Waals surface area contributed by atoms with E-state index in [-0.39, 0.29) is 11.6 Å². The van der Waals surface area contributed by atoms with E-state index in [4.69, 9.17) is 0 Å². The number of hydrogen-bond acceptors (Lipinski definition) is 5. The minimum Gasteiger partial charge on any atom is -0.319 e. The van der Waals surface area contributed by atoms with Gasteiger partial charge in [0.2, 0.25) is 0 Å². The zero-order chi connectivity index (χ0) is 18.1. The van der Waals surface area contributed by atoms with E-state index in [2.05, 4.69) is 20.8 Å². The van der Waals surface area contributed by atoms with Crippen LogP contribution in [0.5, 0.6) is 0 Å². The number of aryl methyl sites for hydroxylation is 3. The molecule has 1 amide bonds. The average molecular weight is 371 g/mol. The summed E-state index contributed by atoms with van der Waals surface area (Å²) in [5, 5.41) is 14.0. The molecule has 2 aromatic heterocycles. The van der Waals surface area contributed by atoms with E-state index in [0.717, 1.165) is 25.7 Å². The lowest BCUT2D eigenvalue weighted by Crippen LogP contribution is -2.12. The van der Waals surface area contributed by atoms with E-state index in [1.54, 1.807) is 13.0 Å². The van der Waals surface area contributed by atoms with Gasteiger partial charge in [-0.05, 0) is 72.9 Å². The Labute approximate surface area is 154 Å². The van der Waals surface area contributed by atoms with Gasteiger partial charge in [0.1, 0.15) is 5.82 Å². The molecule has 3 aromatic rings. The molecule has 134 valence electrons. The number of anilines is 1. The summed E-state index contributed by atoms with van der Waals surface area (Å²) in [4.78, 5) is 14.5. The Morgan fingerprint density at radius 2 is 2.08 bits per heavy atom. The maximum Gasteiger partial charge on any atom is 0.265 e. The number of carbonyl (C=O) groups excluding carboxylic acids is 1. The van der Waals surface area contributed by atoms with Crippen molar-refractivity contribution in [3.63, 3.8) is 0 Å². The third-order valence-electron chi connectivity index (χ3n) is 4.54. The molecule has 4 rings (SSSR count). The van der Waals surface area contributed by atoms with Crippen LogP contribution in [0.1, 0.15) is 45.2 Å². The van der Waals surface area contributed by atoms with Crippen molar-refractivity contribution in [2.45, 2.75) is 39.0 Å². The molecule has 0 unspecified atom stereocenters. The maximum atomic E-state index is 14.2. The molecule has 1 N–H and O–H groups in total. The molecule has 8 heteroatoms. The molecule has 6 nitrogen and oxygen atoms in total. The molecule has 1 aliphatic rings. The van der Waals surface area contributed by atoms with Crippen molar-refractivity contribution in [2.24, 2.45) is 0 Å². The first kappa shape index (κ1) is 16.8. The van der Waals surface area contributed by atoms with Crippen molar-refractivity contribution >= 4 is 22.9 Å². The van der Waals surface area contributed by atoms with Crippen molar-refractivity contribution in [2.75, 3.05) is 5.32 Å². The average Bonchev–Trinajstić information content (AvgIpc) is 3.17. The molecule has 0 fully saturated rings. The van der Waals surface area contributed by atoms with Crippen LogP contribution in [0.3, 0.4) is 0 Å². The predicted octanol–water partition coefficient (Wildman–Crippen LogP) is 3.69. The topological polar surface area (TPSA) is 72.7 Å². The fraction of sp³-hybridized carbons (Fsp3) is 0.333. The molecule has 1 aliphatic carbocycles. The number of amides is 1. The van der Waals surface area contributed by atoms with Crippen molar-refractivity contribution in [3.05, 3.63) is 51.2 Å². The standard InChI is InChI=1S/C18H18FN5OS/c1-11-21-22-23-24(11)13-7-8-14(19)15(10-13)20-18(25)17-9-12-5-3-2-4-6-16(12)26-17/h7-10H,2-6H2,1H3,(H,20,25). The van der Waals surface area contributed by atoms with Crippen LogP contribution in [-0.4, -0.2) is 26.1 Å². The SMILES string of the molecule is Cc1nnnn1-c1ccc(F)c(NC(=O)c2cc3c(s2)CCCCC3)c1. The van der Waals surface area contributed by atoms with Crippen LogP contribution in [0, 0.1) is 12.7 Å². The van der Waals surface area contributed by atoms with Crippen LogP contribution in [0.25, 0.3) is 5.69 Å². The molecule has 26 heavy (non-hydrogen) atoms. The highest BCUT2D eigenvalue weighted by Gasteiger charge is 2.18. The van der Waals surface area contributed by atoms with E-state index >= 15 is 0 Å². The number of carbonyl (C=O) groups is 1. The molecule has 0 spiro atoms. The number of halogens is 1. The minimum absolute atomic E-state index is 0.117. The molecule has 0 saturated heterocycles. The second-order valence-electron chi connectivity index (χ2n) is 6.38. The van der Waals surface area contributed by atoms with Crippen LogP contribution in [0.2, 0.25) is 0 Å². The lowest BCUT2D eigenvalue weighted by atomic mass is 10.1. The largest absolute Gasteiger partial charge is 0.319 e. The molecule has 0 saturated carbocycles. The lowest BCUT2D eigenvalue weighted by molar-refractivity contribution is 0.103. The number of benzene rings is 1. The number of thiophene rings is 1. The number of rotatable bonds is 3. The summed E-state index contributed by atoms with van der Waals surface area (Å²) in [5.41, 5.74) is 1.97. The number of fused-ring (bicyclic) bond motifs is 1. The van der Waals surface area contributed by atoms with Gasteiger partial charge in [0.15, 0.2) is 5.82 Å². The molecule has 2 heterocycles. The number of nitrogens with zero attached hydrogens (tertiary/aromatic N) is 4. The van der Waals surface area contributed by atoms with Gasteiger partial charge in [0, 0.05) is 4.88 Å². The fourth-order valence-electron chi connectivity index (χ4n) is 3.17. The van der Waals surface area contributed by atoms with Gasteiger partial charge < -0.3 is 5.32 Å². The fourth-order valence-corrected chi connectivity index (χ4v) is 4.32. The second kappa shape index (κ2) is 6.95. The number of aromatic nitrogens is 4. The Hall–Kier alpha value is -2.61. The zero-order valence-corrected chi connectivity index (χ0v) is 15.1. The Kier molecular flexibility index (Phi) is 4.50. The summed E-state index contributed by atoms with van der Waals surface area (Å²) in [6.45, 7) is 1.75. The smallest absolute Gasteiger partial charge is 0.265 e. The third kappa shape index (κ3) is 3.24. The van der Waals surface area contributed by atoms with Gasteiger partial charge in [0.05, 0.1) is 16.3 Å². The second-order valence-corrected chi connectivity index (χ2v) is 7.51. The third-order valence-corrected chi connectivity index (χ3v) is 5.77. The first-order valence-corrected chi connectivity index (χ1v) is 9.41. The summed E-state index contributed by atoms with van der Waals surface area (Å²) in [7, 11) is 0. The number of tetrazole rings is 1. The number of hydrogen-bond donors (Lipinski definition) is 1. The Morgan fingerprint density at radius 3 is 2.88 bits per heavy atom. The van der Waals surface area contributed by atoms with Crippen molar-refractivity contribution in [3.8, 4) is 5.69 Å². The van der Waals surface area contributed by atoms with Crippen LogP contribution in [0.15, 0.2) is 24.3 Å². The molecular weight excluding hydrogens is 353 g/mol. The van der Waals surface area contributed by atoms with Gasteiger partial charge in [0.25, 0.3) is 5.91 Å². The van der Waals surface area contributed by atoms with Crippen LogP contribution in [0.4, 0.5) is 10.1 Å². The highest BCUT2D eigenvalue weighted by molar-refractivity contribution is 7.14. The normalized spacial score (nSPS) is 13.9. The summed E-state index contributed by atoms with van der Waals surface area (Å²) in [6.07, 6.45) is 5.60. The van der Waals surface area contributed by atoms with Crippen molar-refractivity contribution in [1.82, 2.24) is 20.2 Å². The van der Waals surface area contributed by atoms with E-state index < -0.39 is 5.82 Å².